The Morgan fingerprint density at radius 2 is 1.92 bits per heavy atom. The minimum atomic E-state index is 0.0852. The lowest BCUT2D eigenvalue weighted by atomic mass is 10.2. The highest BCUT2D eigenvalue weighted by molar-refractivity contribution is 5.75. The first-order chi connectivity index (χ1) is 6.20. The molecule has 0 spiro atoms. The predicted octanol–water partition coefficient (Wildman–Crippen LogP) is 1.11. The van der Waals surface area contributed by atoms with E-state index in [4.69, 9.17) is 11.5 Å². The quantitative estimate of drug-likeness (QED) is 0.375. The third-order valence-corrected chi connectivity index (χ3v) is 1.22. The molecule has 0 saturated heterocycles. The summed E-state index contributed by atoms with van der Waals surface area (Å²) in [7, 11) is 0. The van der Waals surface area contributed by atoms with E-state index in [1.807, 2.05) is 18.2 Å². The SMILES string of the molecule is C=C/C=C\C(=C/C=C)CN=C(N)N. The molecule has 0 aromatic carbocycles. The van der Waals surface area contributed by atoms with Gasteiger partial charge in [-0.2, -0.15) is 0 Å². The van der Waals surface area contributed by atoms with Gasteiger partial charge in [0.05, 0.1) is 6.54 Å². The average Bonchev–Trinajstić information content (AvgIpc) is 2.09. The molecule has 0 aromatic rings. The molecule has 0 atom stereocenters. The highest BCUT2D eigenvalue weighted by atomic mass is 15.0. The summed E-state index contributed by atoms with van der Waals surface area (Å²) in [5.41, 5.74) is 11.4. The molecular formula is C10H15N3. The largest absolute Gasteiger partial charge is 0.370 e. The van der Waals surface area contributed by atoms with E-state index in [-0.39, 0.29) is 5.96 Å². The Balaban J connectivity index is 4.35. The summed E-state index contributed by atoms with van der Waals surface area (Å²) in [6, 6.07) is 0. The fourth-order valence-corrected chi connectivity index (χ4v) is 0.687. The molecule has 0 aromatic heterocycles. The lowest BCUT2D eigenvalue weighted by molar-refractivity contribution is 1.16. The molecule has 70 valence electrons. The third kappa shape index (κ3) is 6.62. The van der Waals surface area contributed by atoms with Crippen molar-refractivity contribution in [3.8, 4) is 0 Å². The summed E-state index contributed by atoms with van der Waals surface area (Å²) in [6.07, 6.45) is 8.91. The van der Waals surface area contributed by atoms with Crippen LogP contribution in [0.5, 0.6) is 0 Å². The number of hydrogen-bond acceptors (Lipinski definition) is 1. The second kappa shape index (κ2) is 6.91. The molecule has 0 fully saturated rings. The van der Waals surface area contributed by atoms with Crippen LogP contribution in [-0.4, -0.2) is 12.5 Å². The summed E-state index contributed by atoms with van der Waals surface area (Å²) < 4.78 is 0. The molecule has 0 radical (unpaired) electrons. The van der Waals surface area contributed by atoms with Gasteiger partial charge < -0.3 is 11.5 Å². The molecule has 0 amide bonds. The molecule has 0 saturated carbocycles. The Morgan fingerprint density at radius 1 is 1.23 bits per heavy atom. The van der Waals surface area contributed by atoms with Crippen molar-refractivity contribution in [2.45, 2.75) is 0 Å². The number of rotatable bonds is 5. The van der Waals surface area contributed by atoms with Gasteiger partial charge in [-0.1, -0.05) is 43.5 Å². The van der Waals surface area contributed by atoms with Gasteiger partial charge in [-0.25, -0.2) is 4.99 Å². The van der Waals surface area contributed by atoms with Crippen molar-refractivity contribution in [3.63, 3.8) is 0 Å². The summed E-state index contributed by atoms with van der Waals surface area (Å²) in [4.78, 5) is 3.87. The lowest BCUT2D eigenvalue weighted by Crippen LogP contribution is -2.23. The van der Waals surface area contributed by atoms with Crippen molar-refractivity contribution in [1.82, 2.24) is 0 Å². The fraction of sp³-hybridized carbons (Fsp3) is 0.100. The van der Waals surface area contributed by atoms with Crippen molar-refractivity contribution in [1.29, 1.82) is 0 Å². The van der Waals surface area contributed by atoms with Crippen LogP contribution >= 0.6 is 0 Å². The standard InChI is InChI=1S/C10H15N3/c1-3-5-7-9(6-4-2)8-13-10(11)12/h3-7H,1-2,8H2,(H4,11,12,13)/b7-5-,9-6+. The number of aliphatic imine (C=N–C) groups is 1. The predicted molar refractivity (Wildman–Crippen MR) is 58.3 cm³/mol. The first-order valence-electron chi connectivity index (χ1n) is 3.86. The first-order valence-corrected chi connectivity index (χ1v) is 3.86. The minimum absolute atomic E-state index is 0.0852. The van der Waals surface area contributed by atoms with Gasteiger partial charge in [-0.15, -0.1) is 0 Å². The van der Waals surface area contributed by atoms with Gasteiger partial charge in [0.2, 0.25) is 0 Å². The molecule has 0 rings (SSSR count). The van der Waals surface area contributed by atoms with Crippen molar-refractivity contribution >= 4 is 5.96 Å². The molecule has 0 heterocycles. The molecule has 0 aliphatic carbocycles. The molecule has 0 aliphatic rings. The number of nitrogens with two attached hydrogens (primary N) is 2. The van der Waals surface area contributed by atoms with Crippen LogP contribution in [0, 0.1) is 0 Å². The molecule has 0 aliphatic heterocycles. The fourth-order valence-electron chi connectivity index (χ4n) is 0.687. The number of nitrogens with zero attached hydrogens (tertiary/aromatic N) is 1. The Bertz CT molecular complexity index is 255. The van der Waals surface area contributed by atoms with Crippen LogP contribution in [0.4, 0.5) is 0 Å². The van der Waals surface area contributed by atoms with Gasteiger partial charge in [0.15, 0.2) is 5.96 Å². The van der Waals surface area contributed by atoms with E-state index < -0.39 is 0 Å². The van der Waals surface area contributed by atoms with Crippen molar-refractivity contribution < 1.29 is 0 Å². The van der Waals surface area contributed by atoms with Crippen molar-refractivity contribution in [2.24, 2.45) is 16.5 Å². The van der Waals surface area contributed by atoms with Crippen LogP contribution in [-0.2, 0) is 0 Å². The Morgan fingerprint density at radius 3 is 2.38 bits per heavy atom. The van der Waals surface area contributed by atoms with Crippen LogP contribution in [0.3, 0.4) is 0 Å². The van der Waals surface area contributed by atoms with E-state index in [0.29, 0.717) is 6.54 Å². The van der Waals surface area contributed by atoms with Gasteiger partial charge >= 0.3 is 0 Å². The Labute approximate surface area is 78.8 Å². The van der Waals surface area contributed by atoms with Crippen LogP contribution in [0.25, 0.3) is 0 Å². The number of hydrogen-bond donors (Lipinski definition) is 2. The van der Waals surface area contributed by atoms with Crippen LogP contribution in [0.2, 0.25) is 0 Å². The lowest BCUT2D eigenvalue weighted by Gasteiger charge is -1.95. The molecular weight excluding hydrogens is 162 g/mol. The van der Waals surface area contributed by atoms with E-state index in [2.05, 4.69) is 18.2 Å². The first kappa shape index (κ1) is 11.2. The highest BCUT2D eigenvalue weighted by Crippen LogP contribution is 1.98. The smallest absolute Gasteiger partial charge is 0.186 e. The van der Waals surface area contributed by atoms with Crippen molar-refractivity contribution in [2.75, 3.05) is 6.54 Å². The zero-order chi connectivity index (χ0) is 10.1. The molecule has 3 nitrogen and oxygen atoms in total. The summed E-state index contributed by atoms with van der Waals surface area (Å²) >= 11 is 0. The molecule has 0 unspecified atom stereocenters. The molecule has 4 N–H and O–H groups in total. The third-order valence-electron chi connectivity index (χ3n) is 1.22. The zero-order valence-corrected chi connectivity index (χ0v) is 7.61. The maximum absolute atomic E-state index is 5.20. The second-order valence-electron chi connectivity index (χ2n) is 2.31. The average molecular weight is 177 g/mol. The van der Waals surface area contributed by atoms with E-state index in [9.17, 15) is 0 Å². The Hall–Kier alpha value is -1.77. The topological polar surface area (TPSA) is 64.4 Å². The zero-order valence-electron chi connectivity index (χ0n) is 7.61. The normalized spacial score (nSPS) is 11.2. The van der Waals surface area contributed by atoms with Gasteiger partial charge in [-0.05, 0) is 5.57 Å². The monoisotopic (exact) mass is 177 g/mol. The highest BCUT2D eigenvalue weighted by Gasteiger charge is 1.88. The van der Waals surface area contributed by atoms with E-state index in [0.717, 1.165) is 5.57 Å². The number of allylic oxidation sites excluding steroid dienone is 4. The van der Waals surface area contributed by atoms with Crippen LogP contribution in [0.15, 0.2) is 54.1 Å². The van der Waals surface area contributed by atoms with Crippen LogP contribution in [0.1, 0.15) is 0 Å². The summed E-state index contributed by atoms with van der Waals surface area (Å²) in [5.74, 6) is 0.0852. The number of guanidine groups is 1. The Kier molecular flexibility index (Phi) is 5.97. The van der Waals surface area contributed by atoms with Crippen LogP contribution < -0.4 is 11.5 Å². The minimum Gasteiger partial charge on any atom is -0.370 e. The molecule has 13 heavy (non-hydrogen) atoms. The summed E-state index contributed by atoms with van der Waals surface area (Å²) in [5, 5.41) is 0. The van der Waals surface area contributed by atoms with E-state index >= 15 is 0 Å². The van der Waals surface area contributed by atoms with E-state index in [1.165, 1.54) is 0 Å². The van der Waals surface area contributed by atoms with Gasteiger partial charge in [0.1, 0.15) is 0 Å². The van der Waals surface area contributed by atoms with Crippen molar-refractivity contribution in [3.05, 3.63) is 49.1 Å². The maximum Gasteiger partial charge on any atom is 0.186 e. The molecule has 0 bridgehead atoms. The van der Waals surface area contributed by atoms with E-state index in [1.54, 1.807) is 12.2 Å². The van der Waals surface area contributed by atoms with Gasteiger partial charge in [0, 0.05) is 0 Å². The van der Waals surface area contributed by atoms with Gasteiger partial charge in [0.25, 0.3) is 0 Å². The van der Waals surface area contributed by atoms with Gasteiger partial charge in [-0.3, -0.25) is 0 Å². The summed E-state index contributed by atoms with van der Waals surface area (Å²) in [6.45, 7) is 7.61. The molecule has 3 heteroatoms. The second-order valence-corrected chi connectivity index (χ2v) is 2.31. The maximum atomic E-state index is 5.20.